The van der Waals surface area contributed by atoms with Gasteiger partial charge in [0.15, 0.2) is 0 Å². The van der Waals surface area contributed by atoms with Crippen molar-refractivity contribution in [3.8, 4) is 0 Å². The van der Waals surface area contributed by atoms with E-state index in [-0.39, 0.29) is 16.4 Å². The molecule has 3 rings (SSSR count). The van der Waals surface area contributed by atoms with Crippen LogP contribution in [0.25, 0.3) is 12.2 Å². The summed E-state index contributed by atoms with van der Waals surface area (Å²) in [6.07, 6.45) is 7.82. The van der Waals surface area contributed by atoms with Crippen molar-refractivity contribution in [2.75, 3.05) is 0 Å². The van der Waals surface area contributed by atoms with Gasteiger partial charge in [0.25, 0.3) is 0 Å². The summed E-state index contributed by atoms with van der Waals surface area (Å²) in [6.45, 7) is 11.5. The number of nitrogens with zero attached hydrogens (tertiary/aromatic N) is 1. The van der Waals surface area contributed by atoms with Crippen LogP contribution in [0, 0.1) is 6.92 Å². The van der Waals surface area contributed by atoms with Gasteiger partial charge in [-0.15, -0.1) is 0 Å². The van der Waals surface area contributed by atoms with Gasteiger partial charge in [0.05, 0.1) is 11.3 Å². The molecular weight excluding hydrogens is 322 g/mol. The number of aromatic nitrogens is 1. The minimum Gasteiger partial charge on any atom is -0.478 e. The molecule has 0 spiro atoms. The van der Waals surface area contributed by atoms with Gasteiger partial charge in [0, 0.05) is 6.20 Å². The van der Waals surface area contributed by atoms with Crippen molar-refractivity contribution >= 4 is 18.1 Å². The summed E-state index contributed by atoms with van der Waals surface area (Å²) in [4.78, 5) is 15.1. The number of rotatable bonds is 3. The third kappa shape index (κ3) is 3.44. The zero-order chi connectivity index (χ0) is 19.1. The predicted octanol–water partition coefficient (Wildman–Crippen LogP) is 5.61. The van der Waals surface area contributed by atoms with E-state index in [2.05, 4.69) is 57.8 Å². The zero-order valence-electron chi connectivity index (χ0n) is 16.3. The highest BCUT2D eigenvalue weighted by molar-refractivity contribution is 5.87. The van der Waals surface area contributed by atoms with Crippen molar-refractivity contribution in [1.82, 2.24) is 4.98 Å². The average molecular weight is 349 g/mol. The van der Waals surface area contributed by atoms with E-state index in [0.29, 0.717) is 0 Å². The van der Waals surface area contributed by atoms with Crippen molar-refractivity contribution in [3.63, 3.8) is 0 Å². The molecule has 1 heterocycles. The van der Waals surface area contributed by atoms with Crippen LogP contribution in [0.2, 0.25) is 0 Å². The van der Waals surface area contributed by atoms with E-state index in [0.717, 1.165) is 5.69 Å². The van der Waals surface area contributed by atoms with Crippen LogP contribution in [-0.4, -0.2) is 16.1 Å². The Kier molecular flexibility index (Phi) is 4.51. The third-order valence-electron chi connectivity index (χ3n) is 5.71. The molecule has 1 aliphatic carbocycles. The molecule has 3 nitrogen and oxygen atoms in total. The summed E-state index contributed by atoms with van der Waals surface area (Å²) in [6, 6.07) is 7.99. The van der Waals surface area contributed by atoms with Gasteiger partial charge in [-0.2, -0.15) is 0 Å². The van der Waals surface area contributed by atoms with E-state index >= 15 is 0 Å². The fourth-order valence-corrected chi connectivity index (χ4v) is 3.72. The normalized spacial score (nSPS) is 17.9. The lowest BCUT2D eigenvalue weighted by Gasteiger charge is -2.42. The number of aromatic carboxylic acids is 1. The Morgan fingerprint density at radius 1 is 1.04 bits per heavy atom. The van der Waals surface area contributed by atoms with Crippen molar-refractivity contribution in [1.29, 1.82) is 0 Å². The first kappa shape index (κ1) is 18.4. The van der Waals surface area contributed by atoms with Crippen LogP contribution in [-0.2, 0) is 10.8 Å². The molecule has 0 saturated heterocycles. The SMILES string of the molecule is Cc1cc2c(cc1C=Cc1ccc(C(=O)O)cn1)C(C)(C)CCC2(C)C. The number of carboxylic acids is 1. The molecule has 0 fully saturated rings. The first-order valence-corrected chi connectivity index (χ1v) is 9.13. The van der Waals surface area contributed by atoms with Crippen LogP contribution in [0.15, 0.2) is 30.5 Å². The molecule has 1 aromatic carbocycles. The first-order valence-electron chi connectivity index (χ1n) is 9.13. The summed E-state index contributed by atoms with van der Waals surface area (Å²) in [5, 5.41) is 8.97. The summed E-state index contributed by atoms with van der Waals surface area (Å²) in [5.41, 5.74) is 6.71. The van der Waals surface area contributed by atoms with Crippen molar-refractivity contribution in [2.45, 2.75) is 58.3 Å². The van der Waals surface area contributed by atoms with Crippen LogP contribution in [0.4, 0.5) is 0 Å². The molecule has 0 radical (unpaired) electrons. The number of carbonyl (C=O) groups is 1. The maximum Gasteiger partial charge on any atom is 0.337 e. The smallest absolute Gasteiger partial charge is 0.337 e. The minimum atomic E-state index is -0.955. The van der Waals surface area contributed by atoms with Gasteiger partial charge in [-0.1, -0.05) is 45.9 Å². The topological polar surface area (TPSA) is 50.2 Å². The number of carboxylic acid groups (broad SMARTS) is 1. The van der Waals surface area contributed by atoms with Gasteiger partial charge < -0.3 is 5.11 Å². The summed E-state index contributed by atoms with van der Waals surface area (Å²) < 4.78 is 0. The minimum absolute atomic E-state index is 0.183. The molecule has 0 unspecified atom stereocenters. The third-order valence-corrected chi connectivity index (χ3v) is 5.71. The Balaban J connectivity index is 1.97. The lowest BCUT2D eigenvalue weighted by atomic mass is 9.62. The summed E-state index contributed by atoms with van der Waals surface area (Å²) in [5.74, 6) is -0.955. The second kappa shape index (κ2) is 6.39. The van der Waals surface area contributed by atoms with E-state index < -0.39 is 5.97 Å². The molecule has 3 heteroatoms. The monoisotopic (exact) mass is 349 g/mol. The molecule has 1 N–H and O–H groups in total. The highest BCUT2D eigenvalue weighted by atomic mass is 16.4. The number of fused-ring (bicyclic) bond motifs is 1. The molecule has 0 saturated carbocycles. The number of hydrogen-bond donors (Lipinski definition) is 1. The van der Waals surface area contributed by atoms with Crippen LogP contribution in [0.5, 0.6) is 0 Å². The van der Waals surface area contributed by atoms with Crippen molar-refractivity contribution < 1.29 is 9.90 Å². The van der Waals surface area contributed by atoms with Gasteiger partial charge >= 0.3 is 5.97 Å². The number of aryl methyl sites for hydroxylation is 1. The molecule has 0 atom stereocenters. The van der Waals surface area contributed by atoms with Crippen LogP contribution < -0.4 is 0 Å². The molecule has 2 aromatic rings. The lowest BCUT2D eigenvalue weighted by Crippen LogP contribution is -2.34. The van der Waals surface area contributed by atoms with Crippen LogP contribution in [0.3, 0.4) is 0 Å². The number of benzene rings is 1. The molecule has 136 valence electrons. The van der Waals surface area contributed by atoms with Gasteiger partial charge in [0.2, 0.25) is 0 Å². The Morgan fingerprint density at radius 3 is 2.19 bits per heavy atom. The predicted molar refractivity (Wildman–Crippen MR) is 107 cm³/mol. The highest BCUT2D eigenvalue weighted by Gasteiger charge is 2.37. The summed E-state index contributed by atoms with van der Waals surface area (Å²) >= 11 is 0. The largest absolute Gasteiger partial charge is 0.478 e. The molecule has 1 aromatic heterocycles. The standard InChI is InChI=1S/C23H27NO2/c1-15-12-19-20(23(4,5)11-10-22(19,2)3)13-16(15)6-8-18-9-7-17(14-24-18)21(25)26/h6-9,12-14H,10-11H2,1-5H3,(H,25,26). The molecule has 0 bridgehead atoms. The zero-order valence-corrected chi connectivity index (χ0v) is 16.3. The molecule has 0 aliphatic heterocycles. The van der Waals surface area contributed by atoms with Gasteiger partial charge in [-0.25, -0.2) is 4.79 Å². The second-order valence-electron chi connectivity index (χ2n) is 8.63. The van der Waals surface area contributed by atoms with Crippen molar-refractivity contribution in [2.24, 2.45) is 0 Å². The second-order valence-corrected chi connectivity index (χ2v) is 8.63. The van der Waals surface area contributed by atoms with E-state index in [1.807, 2.05) is 6.08 Å². The maximum atomic E-state index is 10.9. The Labute approximate surface area is 155 Å². The van der Waals surface area contributed by atoms with E-state index in [9.17, 15) is 4.79 Å². The Hall–Kier alpha value is -2.42. The molecule has 26 heavy (non-hydrogen) atoms. The van der Waals surface area contributed by atoms with Crippen molar-refractivity contribution in [3.05, 3.63) is 64.0 Å². The number of pyridine rings is 1. The number of hydrogen-bond acceptors (Lipinski definition) is 2. The lowest BCUT2D eigenvalue weighted by molar-refractivity contribution is 0.0696. The van der Waals surface area contributed by atoms with E-state index in [4.69, 9.17) is 5.11 Å². The maximum absolute atomic E-state index is 10.9. The molecular formula is C23H27NO2. The highest BCUT2D eigenvalue weighted by Crippen LogP contribution is 2.46. The average Bonchev–Trinajstić information content (AvgIpc) is 2.58. The van der Waals surface area contributed by atoms with E-state index in [1.165, 1.54) is 41.3 Å². The fraction of sp³-hybridized carbons (Fsp3) is 0.391. The molecule has 1 aliphatic rings. The first-order chi connectivity index (χ1) is 12.1. The van der Waals surface area contributed by atoms with Crippen LogP contribution in [0.1, 0.15) is 78.8 Å². The fourth-order valence-electron chi connectivity index (χ4n) is 3.72. The van der Waals surface area contributed by atoms with Gasteiger partial charge in [-0.05, 0) is 71.1 Å². The summed E-state index contributed by atoms with van der Waals surface area (Å²) in [7, 11) is 0. The quantitative estimate of drug-likeness (QED) is 0.784. The Morgan fingerprint density at radius 2 is 1.65 bits per heavy atom. The van der Waals surface area contributed by atoms with Crippen LogP contribution >= 0.6 is 0 Å². The van der Waals surface area contributed by atoms with E-state index in [1.54, 1.807) is 12.1 Å². The van der Waals surface area contributed by atoms with Gasteiger partial charge in [-0.3, -0.25) is 4.98 Å². The molecule has 0 amide bonds. The van der Waals surface area contributed by atoms with Gasteiger partial charge in [0.1, 0.15) is 0 Å². The Bertz CT molecular complexity index is 874.